The van der Waals surface area contributed by atoms with Crippen LogP contribution in [0.15, 0.2) is 0 Å². The molecule has 0 aliphatic carbocycles. The molecule has 0 aliphatic heterocycles. The summed E-state index contributed by atoms with van der Waals surface area (Å²) in [6.45, 7) is 3.86. The van der Waals surface area contributed by atoms with Crippen LogP contribution in [-0.4, -0.2) is 3.79 Å². The lowest BCUT2D eigenvalue weighted by molar-refractivity contribution is 0.860. The average molecular weight is 174 g/mol. The van der Waals surface area contributed by atoms with Crippen molar-refractivity contribution in [2.24, 2.45) is 0 Å². The number of rotatable bonds is 1. The van der Waals surface area contributed by atoms with Crippen molar-refractivity contribution in [2.75, 3.05) is 0 Å². The molecular weight excluding hydrogens is 166 g/mol. The summed E-state index contributed by atoms with van der Waals surface area (Å²) in [7, 11) is 0. The molecule has 0 fully saturated rings. The van der Waals surface area contributed by atoms with E-state index in [0.29, 0.717) is 6.42 Å². The van der Waals surface area contributed by atoms with E-state index >= 15 is 0 Å². The second-order valence-electron chi connectivity index (χ2n) is 2.00. The van der Waals surface area contributed by atoms with Crippen LogP contribution in [0.25, 0.3) is 0 Å². The van der Waals surface area contributed by atoms with Crippen molar-refractivity contribution in [3.05, 3.63) is 5.92 Å². The normalized spacial score (nSPS) is 12.8. The van der Waals surface area contributed by atoms with Crippen molar-refractivity contribution in [2.45, 2.75) is 24.1 Å². The number of hydrogen-bond acceptors (Lipinski definition) is 0. The molecule has 49 valence electrons. The van der Waals surface area contributed by atoms with E-state index in [1.54, 1.807) is 0 Å². The quantitative estimate of drug-likeness (QED) is 0.535. The second-order valence-corrected chi connectivity index (χ2v) is 4.52. The minimum absolute atomic E-state index is 0.539. The highest BCUT2D eigenvalue weighted by molar-refractivity contribution is 6.67. The van der Waals surface area contributed by atoms with Crippen LogP contribution in [0.3, 0.4) is 0 Å². The third kappa shape index (κ3) is 6.87. The van der Waals surface area contributed by atoms with Gasteiger partial charge in [0.05, 0.1) is 0 Å². The molecule has 1 radical (unpaired) electrons. The summed E-state index contributed by atoms with van der Waals surface area (Å²) in [5.74, 6) is 1.13. The molecule has 0 aliphatic rings. The predicted molar refractivity (Wildman–Crippen MR) is 39.5 cm³/mol. The highest BCUT2D eigenvalue weighted by Gasteiger charge is 2.20. The van der Waals surface area contributed by atoms with Gasteiger partial charge in [0.2, 0.25) is 0 Å². The number of halogens is 3. The Morgan fingerprint density at radius 1 is 1.25 bits per heavy atom. The van der Waals surface area contributed by atoms with Crippen LogP contribution in [0.4, 0.5) is 0 Å². The van der Waals surface area contributed by atoms with Crippen LogP contribution in [-0.2, 0) is 0 Å². The maximum absolute atomic E-state index is 5.44. The number of alkyl halides is 3. The summed E-state index contributed by atoms with van der Waals surface area (Å²) in [5, 5.41) is 0. The first-order chi connectivity index (χ1) is 3.42. The smallest absolute Gasteiger partial charge is 0.0837 e. The third-order valence-corrected chi connectivity index (χ3v) is 0.955. The maximum atomic E-state index is 5.44. The van der Waals surface area contributed by atoms with Crippen molar-refractivity contribution in [3.63, 3.8) is 0 Å². The van der Waals surface area contributed by atoms with Crippen molar-refractivity contribution < 1.29 is 0 Å². The molecule has 0 saturated carbocycles. The summed E-state index contributed by atoms with van der Waals surface area (Å²) in [4.78, 5) is 0. The zero-order chi connectivity index (χ0) is 6.78. The van der Waals surface area contributed by atoms with E-state index < -0.39 is 3.79 Å². The lowest BCUT2D eigenvalue weighted by Crippen LogP contribution is -2.04. The Labute approximate surface area is 65.1 Å². The third-order valence-electron chi connectivity index (χ3n) is 0.554. The molecule has 3 heteroatoms. The van der Waals surface area contributed by atoms with Crippen LogP contribution in [0.5, 0.6) is 0 Å². The molecule has 0 N–H and O–H groups in total. The van der Waals surface area contributed by atoms with Crippen molar-refractivity contribution in [1.29, 1.82) is 0 Å². The Balaban J connectivity index is 3.39. The van der Waals surface area contributed by atoms with Gasteiger partial charge < -0.3 is 0 Å². The summed E-state index contributed by atoms with van der Waals surface area (Å²) in [5.41, 5.74) is 0. The summed E-state index contributed by atoms with van der Waals surface area (Å²) in [6.07, 6.45) is 0.539. The first-order valence-corrected chi connectivity index (χ1v) is 3.41. The SMILES string of the molecule is C[C](C)CC(Cl)(Cl)Cl. The van der Waals surface area contributed by atoms with Gasteiger partial charge in [-0.2, -0.15) is 0 Å². The molecule has 8 heavy (non-hydrogen) atoms. The van der Waals surface area contributed by atoms with Crippen molar-refractivity contribution in [1.82, 2.24) is 0 Å². The Kier molecular flexibility index (Phi) is 3.49. The van der Waals surface area contributed by atoms with E-state index in [9.17, 15) is 0 Å². The van der Waals surface area contributed by atoms with Crippen LogP contribution in [0, 0.1) is 5.92 Å². The van der Waals surface area contributed by atoms with E-state index in [2.05, 4.69) is 0 Å². The predicted octanol–water partition coefficient (Wildman–Crippen LogP) is 3.36. The topological polar surface area (TPSA) is 0 Å². The van der Waals surface area contributed by atoms with Crippen LogP contribution in [0.1, 0.15) is 20.3 Å². The first kappa shape index (κ1) is 8.87. The van der Waals surface area contributed by atoms with E-state index in [4.69, 9.17) is 34.8 Å². The van der Waals surface area contributed by atoms with Gasteiger partial charge in [-0.15, -0.1) is 0 Å². The molecule has 0 aromatic rings. The highest BCUT2D eigenvalue weighted by atomic mass is 35.6. The molecule has 0 aromatic carbocycles. The Morgan fingerprint density at radius 2 is 1.62 bits per heavy atom. The average Bonchev–Trinajstić information content (AvgIpc) is 1.21. The van der Waals surface area contributed by atoms with Gasteiger partial charge in [-0.25, -0.2) is 0 Å². The number of hydrogen-bond donors (Lipinski definition) is 0. The van der Waals surface area contributed by atoms with Gasteiger partial charge in [-0.05, 0) is 5.92 Å². The molecule has 0 saturated heterocycles. The minimum atomic E-state index is -1.10. The van der Waals surface area contributed by atoms with Gasteiger partial charge in [0.15, 0.2) is 3.79 Å². The first-order valence-electron chi connectivity index (χ1n) is 2.27. The zero-order valence-corrected chi connectivity index (χ0v) is 7.11. The highest BCUT2D eigenvalue weighted by Crippen LogP contribution is 2.33. The summed E-state index contributed by atoms with van der Waals surface area (Å²) >= 11 is 16.3. The van der Waals surface area contributed by atoms with Gasteiger partial charge in [-0.3, -0.25) is 0 Å². The second kappa shape index (κ2) is 3.14. The Bertz CT molecular complexity index is 62.6. The van der Waals surface area contributed by atoms with Crippen molar-refractivity contribution >= 4 is 34.8 Å². The Hall–Kier alpha value is 0.870. The van der Waals surface area contributed by atoms with Crippen LogP contribution < -0.4 is 0 Å². The molecule has 0 nitrogen and oxygen atoms in total. The fraction of sp³-hybridized carbons (Fsp3) is 0.800. The van der Waals surface area contributed by atoms with Crippen LogP contribution >= 0.6 is 34.8 Å². The van der Waals surface area contributed by atoms with Gasteiger partial charge in [0, 0.05) is 6.42 Å². The molecule has 0 rings (SSSR count). The fourth-order valence-corrected chi connectivity index (χ4v) is 1.20. The monoisotopic (exact) mass is 173 g/mol. The molecule has 0 amide bonds. The molecule has 0 bridgehead atoms. The minimum Gasteiger partial charge on any atom is -0.0837 e. The molecule has 0 heterocycles. The lowest BCUT2D eigenvalue weighted by Gasteiger charge is -2.11. The van der Waals surface area contributed by atoms with E-state index in [1.807, 2.05) is 13.8 Å². The lowest BCUT2D eigenvalue weighted by atomic mass is 10.2. The zero-order valence-electron chi connectivity index (χ0n) is 4.84. The van der Waals surface area contributed by atoms with E-state index in [0.717, 1.165) is 5.92 Å². The summed E-state index contributed by atoms with van der Waals surface area (Å²) in [6, 6.07) is 0. The van der Waals surface area contributed by atoms with Crippen LogP contribution in [0.2, 0.25) is 0 Å². The Morgan fingerprint density at radius 3 is 1.62 bits per heavy atom. The molecule has 0 unspecified atom stereocenters. The fourth-order valence-electron chi connectivity index (χ4n) is 0.401. The molecule has 0 atom stereocenters. The van der Waals surface area contributed by atoms with E-state index in [1.165, 1.54) is 0 Å². The van der Waals surface area contributed by atoms with Gasteiger partial charge >= 0.3 is 0 Å². The largest absolute Gasteiger partial charge is 0.191 e. The van der Waals surface area contributed by atoms with Gasteiger partial charge in [0.1, 0.15) is 0 Å². The summed E-state index contributed by atoms with van der Waals surface area (Å²) < 4.78 is -1.10. The van der Waals surface area contributed by atoms with Gasteiger partial charge in [0.25, 0.3) is 0 Å². The standard InChI is InChI=1S/C5H8Cl3/c1-4(2)3-5(6,7)8/h3H2,1-2H3. The maximum Gasteiger partial charge on any atom is 0.191 e. The molecular formula is C5H8Cl3. The van der Waals surface area contributed by atoms with Gasteiger partial charge in [-0.1, -0.05) is 48.7 Å². The molecule has 0 aromatic heterocycles. The van der Waals surface area contributed by atoms with E-state index in [-0.39, 0.29) is 0 Å². The molecule has 0 spiro atoms. The van der Waals surface area contributed by atoms with Crippen molar-refractivity contribution in [3.8, 4) is 0 Å².